The summed E-state index contributed by atoms with van der Waals surface area (Å²) < 4.78 is 11.2. The molecule has 0 amide bonds. The molecule has 0 spiro atoms. The monoisotopic (exact) mass is 517 g/mol. The number of fused-ring (bicyclic) bond motifs is 9. The van der Waals surface area contributed by atoms with E-state index in [1.165, 1.54) is 64.4 Å². The third-order valence-electron chi connectivity index (χ3n) is 8.35. The van der Waals surface area contributed by atoms with Crippen LogP contribution in [0.5, 0.6) is 5.75 Å². The number of nitrogens with zero attached hydrogens (tertiary/aromatic N) is 1. The van der Waals surface area contributed by atoms with Crippen molar-refractivity contribution in [2.75, 3.05) is 0 Å². The van der Waals surface area contributed by atoms with E-state index in [4.69, 9.17) is 4.74 Å². The lowest BCUT2D eigenvalue weighted by Crippen LogP contribution is -2.17. The van der Waals surface area contributed by atoms with Crippen molar-refractivity contribution in [2.24, 2.45) is 0 Å². The highest BCUT2D eigenvalue weighted by Crippen LogP contribution is 2.46. The van der Waals surface area contributed by atoms with Gasteiger partial charge in [-0.2, -0.15) is 0 Å². The predicted octanol–water partition coefficient (Wildman–Crippen LogP) is 9.65. The van der Waals surface area contributed by atoms with Crippen LogP contribution in [0.4, 0.5) is 0 Å². The van der Waals surface area contributed by atoms with E-state index in [0.717, 1.165) is 5.75 Å². The highest BCUT2D eigenvalue weighted by atomic mass is 32.1. The summed E-state index contributed by atoms with van der Waals surface area (Å²) in [5.74, 6) is 1.26. The molecule has 3 heteroatoms. The van der Waals surface area contributed by atoms with E-state index in [1.807, 2.05) is 11.3 Å². The fourth-order valence-corrected chi connectivity index (χ4v) is 7.79. The molecule has 3 heterocycles. The Balaban J connectivity index is 1.23. The second kappa shape index (κ2) is 7.95. The van der Waals surface area contributed by atoms with Gasteiger partial charge in [-0.15, -0.1) is 11.3 Å². The first-order valence-corrected chi connectivity index (χ1v) is 14.2. The van der Waals surface area contributed by atoms with Gasteiger partial charge in [0.2, 0.25) is 0 Å². The van der Waals surface area contributed by atoms with Gasteiger partial charge in [0, 0.05) is 48.1 Å². The quantitative estimate of drug-likeness (QED) is 0.223. The van der Waals surface area contributed by atoms with Crippen LogP contribution in [0.1, 0.15) is 17.0 Å². The molecule has 0 saturated carbocycles. The van der Waals surface area contributed by atoms with Crippen molar-refractivity contribution in [1.29, 1.82) is 0 Å². The second-order valence-corrected chi connectivity index (χ2v) is 11.5. The molecule has 2 aromatic heterocycles. The molecule has 0 radical (unpaired) electrons. The predicted molar refractivity (Wildman–Crippen MR) is 164 cm³/mol. The molecule has 2 nitrogen and oxygen atoms in total. The molecule has 0 N–H and O–H groups in total. The SMILES string of the molecule is C1=CC2Oc3ccccc3C2C=C1c1cccc2sc3cc(-n4c5ccccc5c5ccccc54)ccc3c12. The molecule has 2 aliphatic rings. The van der Waals surface area contributed by atoms with Crippen molar-refractivity contribution in [3.8, 4) is 11.4 Å². The van der Waals surface area contributed by atoms with Crippen LogP contribution < -0.4 is 4.74 Å². The maximum atomic E-state index is 6.22. The van der Waals surface area contributed by atoms with Crippen molar-refractivity contribution >= 4 is 58.9 Å². The number of rotatable bonds is 2. The Labute approximate surface area is 229 Å². The van der Waals surface area contributed by atoms with Crippen LogP contribution in [-0.4, -0.2) is 10.7 Å². The van der Waals surface area contributed by atoms with E-state index >= 15 is 0 Å². The van der Waals surface area contributed by atoms with Crippen molar-refractivity contribution < 1.29 is 4.74 Å². The molecule has 2 unspecified atom stereocenters. The number of hydrogen-bond acceptors (Lipinski definition) is 2. The van der Waals surface area contributed by atoms with Crippen LogP contribution in [0, 0.1) is 0 Å². The summed E-state index contributed by atoms with van der Waals surface area (Å²) in [5, 5.41) is 5.24. The minimum atomic E-state index is 0.0818. The minimum Gasteiger partial charge on any atom is -0.485 e. The molecule has 0 fully saturated rings. The van der Waals surface area contributed by atoms with Gasteiger partial charge in [0.1, 0.15) is 11.9 Å². The van der Waals surface area contributed by atoms with Crippen LogP contribution in [0.15, 0.2) is 127 Å². The molecule has 1 aliphatic carbocycles. The number of hydrogen-bond donors (Lipinski definition) is 0. The van der Waals surface area contributed by atoms with Crippen molar-refractivity contribution in [3.63, 3.8) is 0 Å². The largest absolute Gasteiger partial charge is 0.485 e. The molecule has 9 rings (SSSR count). The lowest BCUT2D eigenvalue weighted by molar-refractivity contribution is 0.269. The zero-order valence-electron chi connectivity index (χ0n) is 21.0. The maximum Gasteiger partial charge on any atom is 0.128 e. The molecular formula is C36H23NOS. The Bertz CT molecular complexity index is 2120. The van der Waals surface area contributed by atoms with E-state index in [9.17, 15) is 0 Å². The van der Waals surface area contributed by atoms with Gasteiger partial charge in [-0.1, -0.05) is 84.9 Å². The molecule has 0 bridgehead atoms. The topological polar surface area (TPSA) is 14.2 Å². The molecule has 5 aromatic carbocycles. The van der Waals surface area contributed by atoms with Crippen molar-refractivity contribution in [2.45, 2.75) is 12.0 Å². The van der Waals surface area contributed by atoms with Gasteiger partial charge in [0.15, 0.2) is 0 Å². The van der Waals surface area contributed by atoms with E-state index < -0.39 is 0 Å². The first-order chi connectivity index (χ1) is 19.3. The second-order valence-electron chi connectivity index (χ2n) is 10.5. The van der Waals surface area contributed by atoms with Gasteiger partial charge in [-0.3, -0.25) is 0 Å². The Morgan fingerprint density at radius 1 is 0.667 bits per heavy atom. The lowest BCUT2D eigenvalue weighted by Gasteiger charge is -2.19. The average molecular weight is 518 g/mol. The summed E-state index contributed by atoms with van der Waals surface area (Å²) in [6.07, 6.45) is 6.96. The first kappa shape index (κ1) is 21.3. The zero-order chi connectivity index (χ0) is 25.5. The molecule has 1 aliphatic heterocycles. The molecule has 184 valence electrons. The van der Waals surface area contributed by atoms with Gasteiger partial charge in [-0.05, 0) is 53.6 Å². The number of para-hydroxylation sites is 3. The van der Waals surface area contributed by atoms with Gasteiger partial charge < -0.3 is 9.30 Å². The smallest absolute Gasteiger partial charge is 0.128 e. The van der Waals surface area contributed by atoms with Crippen molar-refractivity contribution in [3.05, 3.63) is 139 Å². The van der Waals surface area contributed by atoms with Crippen LogP contribution in [0.3, 0.4) is 0 Å². The van der Waals surface area contributed by atoms with E-state index in [1.54, 1.807) is 0 Å². The zero-order valence-corrected chi connectivity index (χ0v) is 21.9. The van der Waals surface area contributed by atoms with E-state index in [-0.39, 0.29) is 12.0 Å². The van der Waals surface area contributed by atoms with Gasteiger partial charge in [0.25, 0.3) is 0 Å². The molecule has 39 heavy (non-hydrogen) atoms. The third kappa shape index (κ3) is 3.02. The number of aromatic nitrogens is 1. The Morgan fingerprint density at radius 2 is 1.44 bits per heavy atom. The average Bonchev–Trinajstić information content (AvgIpc) is 3.65. The van der Waals surface area contributed by atoms with Crippen molar-refractivity contribution in [1.82, 2.24) is 4.57 Å². The fraction of sp³-hybridized carbons (Fsp3) is 0.0556. The minimum absolute atomic E-state index is 0.0818. The summed E-state index contributed by atoms with van der Waals surface area (Å²) in [6, 6.07) is 39.5. The summed E-state index contributed by atoms with van der Waals surface area (Å²) >= 11 is 1.88. The number of ether oxygens (including phenoxy) is 1. The van der Waals surface area contributed by atoms with E-state index in [0.29, 0.717) is 0 Å². The van der Waals surface area contributed by atoms with Crippen LogP contribution in [0.2, 0.25) is 0 Å². The van der Waals surface area contributed by atoms with Gasteiger partial charge in [-0.25, -0.2) is 0 Å². The Kier molecular flexibility index (Phi) is 4.35. The summed E-state index contributed by atoms with van der Waals surface area (Å²) in [4.78, 5) is 0. The Morgan fingerprint density at radius 3 is 2.28 bits per heavy atom. The summed E-state index contributed by atoms with van der Waals surface area (Å²) in [7, 11) is 0. The highest BCUT2D eigenvalue weighted by molar-refractivity contribution is 7.25. The highest BCUT2D eigenvalue weighted by Gasteiger charge is 2.33. The first-order valence-electron chi connectivity index (χ1n) is 13.4. The number of benzene rings is 5. The fourth-order valence-electron chi connectivity index (χ4n) is 6.63. The standard InChI is InChI=1S/C36H23NOS/c1-4-12-30-25(8-1)26-9-2-5-13-31(26)37(30)23-17-18-28-35(21-23)39-34-15-7-11-24(36(28)34)22-16-19-33-29(20-22)27-10-3-6-14-32(27)38-33/h1-21,29,33H. The lowest BCUT2D eigenvalue weighted by atomic mass is 9.86. The Hall–Kier alpha value is -4.60. The molecular weight excluding hydrogens is 494 g/mol. The van der Waals surface area contributed by atoms with Crippen LogP contribution >= 0.6 is 11.3 Å². The van der Waals surface area contributed by atoms with Crippen LogP contribution in [-0.2, 0) is 0 Å². The van der Waals surface area contributed by atoms with Crippen LogP contribution in [0.25, 0.3) is 53.2 Å². The number of thiophene rings is 1. The normalized spacial score (nSPS) is 18.0. The molecule has 0 saturated heterocycles. The number of allylic oxidation sites excluding steroid dienone is 2. The van der Waals surface area contributed by atoms with Gasteiger partial charge >= 0.3 is 0 Å². The summed E-state index contributed by atoms with van der Waals surface area (Å²) in [5.41, 5.74) is 7.53. The maximum absolute atomic E-state index is 6.22. The summed E-state index contributed by atoms with van der Waals surface area (Å²) in [6.45, 7) is 0. The van der Waals surface area contributed by atoms with E-state index in [2.05, 4.69) is 132 Å². The van der Waals surface area contributed by atoms with Gasteiger partial charge in [0.05, 0.1) is 11.0 Å². The molecule has 2 atom stereocenters. The molecule has 7 aromatic rings. The third-order valence-corrected chi connectivity index (χ3v) is 9.47.